The maximum absolute atomic E-state index is 10.3. The van der Waals surface area contributed by atoms with Crippen LogP contribution >= 0.6 is 0 Å². The molecule has 0 aliphatic rings. The monoisotopic (exact) mass is 344 g/mol. The minimum Gasteiger partial charge on any atom is -0.506 e. The fourth-order valence-electron chi connectivity index (χ4n) is 2.85. The third kappa shape index (κ3) is 2.75. The quantitative estimate of drug-likeness (QED) is 0.484. The molecule has 5 nitrogen and oxygen atoms in total. The smallest absolute Gasteiger partial charge is 0.158 e. The summed E-state index contributed by atoms with van der Waals surface area (Å²) in [7, 11) is 0. The van der Waals surface area contributed by atoms with Gasteiger partial charge in [0.05, 0.1) is 11.4 Å². The highest BCUT2D eigenvalue weighted by atomic mass is 16.3. The van der Waals surface area contributed by atoms with E-state index in [4.69, 9.17) is 0 Å². The third-order valence-electron chi connectivity index (χ3n) is 4.16. The molecule has 0 saturated heterocycles. The zero-order valence-corrected chi connectivity index (χ0v) is 13.7. The minimum atomic E-state index is -0.214. The normalized spacial score (nSPS) is 10.8. The van der Waals surface area contributed by atoms with Crippen LogP contribution in [0, 0.1) is 0 Å². The first-order chi connectivity index (χ1) is 12.6. The Morgan fingerprint density at radius 2 is 1.35 bits per heavy atom. The summed E-state index contributed by atoms with van der Waals surface area (Å²) >= 11 is 0. The molecule has 4 aromatic rings. The van der Waals surface area contributed by atoms with Crippen molar-refractivity contribution >= 4 is 0 Å². The van der Waals surface area contributed by atoms with E-state index in [1.54, 1.807) is 28.9 Å². The van der Waals surface area contributed by atoms with Gasteiger partial charge in [0.1, 0.15) is 11.4 Å². The number of hydrogen-bond donors (Lipinski definition) is 3. The van der Waals surface area contributed by atoms with Crippen LogP contribution in [0.1, 0.15) is 0 Å². The lowest BCUT2D eigenvalue weighted by molar-refractivity contribution is 0.404. The SMILES string of the molecule is Oc1ccc(-c2cc(-c3ccccc3)nn2-c2ccccc2O)cc1O. The zero-order valence-electron chi connectivity index (χ0n) is 13.7. The molecule has 0 aliphatic carbocycles. The highest BCUT2D eigenvalue weighted by Gasteiger charge is 2.16. The molecular formula is C21H16N2O3. The Morgan fingerprint density at radius 3 is 2.08 bits per heavy atom. The molecule has 4 rings (SSSR count). The summed E-state index contributed by atoms with van der Waals surface area (Å²) in [5, 5.41) is 34.4. The van der Waals surface area contributed by atoms with Gasteiger partial charge in [-0.15, -0.1) is 0 Å². The van der Waals surface area contributed by atoms with Crippen LogP contribution in [0.5, 0.6) is 17.2 Å². The van der Waals surface area contributed by atoms with Crippen LogP contribution in [0.4, 0.5) is 0 Å². The maximum Gasteiger partial charge on any atom is 0.158 e. The molecule has 0 spiro atoms. The third-order valence-corrected chi connectivity index (χ3v) is 4.16. The summed E-state index contributed by atoms with van der Waals surface area (Å²) in [6, 6.07) is 23.1. The topological polar surface area (TPSA) is 78.5 Å². The van der Waals surface area contributed by atoms with E-state index in [-0.39, 0.29) is 17.2 Å². The van der Waals surface area contributed by atoms with Crippen LogP contribution in [-0.4, -0.2) is 25.1 Å². The van der Waals surface area contributed by atoms with Gasteiger partial charge in [-0.25, -0.2) is 4.68 Å². The van der Waals surface area contributed by atoms with E-state index in [1.165, 1.54) is 12.1 Å². The highest BCUT2D eigenvalue weighted by Crippen LogP contribution is 2.35. The number of rotatable bonds is 3. The first kappa shape index (κ1) is 15.8. The lowest BCUT2D eigenvalue weighted by Crippen LogP contribution is -1.99. The highest BCUT2D eigenvalue weighted by molar-refractivity contribution is 5.72. The average molecular weight is 344 g/mol. The molecule has 1 heterocycles. The molecule has 0 amide bonds. The molecule has 5 heteroatoms. The molecule has 3 aromatic carbocycles. The number of aromatic hydroxyl groups is 3. The molecule has 0 fully saturated rings. The van der Waals surface area contributed by atoms with Gasteiger partial charge in [-0.05, 0) is 36.4 Å². The van der Waals surface area contributed by atoms with Gasteiger partial charge >= 0.3 is 0 Å². The summed E-state index contributed by atoms with van der Waals surface area (Å²) in [4.78, 5) is 0. The number of hydrogen-bond acceptors (Lipinski definition) is 4. The van der Waals surface area contributed by atoms with Gasteiger partial charge in [0.15, 0.2) is 11.5 Å². The van der Waals surface area contributed by atoms with Crippen molar-refractivity contribution in [3.63, 3.8) is 0 Å². The second-order valence-corrected chi connectivity index (χ2v) is 5.88. The van der Waals surface area contributed by atoms with Crippen LogP contribution in [-0.2, 0) is 0 Å². The molecule has 0 aliphatic heterocycles. The van der Waals surface area contributed by atoms with Gasteiger partial charge in [-0.2, -0.15) is 5.10 Å². The second kappa shape index (κ2) is 6.29. The Bertz CT molecular complexity index is 1070. The molecule has 128 valence electrons. The second-order valence-electron chi connectivity index (χ2n) is 5.88. The van der Waals surface area contributed by atoms with Crippen molar-refractivity contribution in [2.24, 2.45) is 0 Å². The van der Waals surface area contributed by atoms with Gasteiger partial charge in [-0.1, -0.05) is 42.5 Å². The summed E-state index contributed by atoms with van der Waals surface area (Å²) in [6.45, 7) is 0. The predicted octanol–water partition coefficient (Wildman–Crippen LogP) is 4.32. The Kier molecular flexibility index (Phi) is 3.82. The maximum atomic E-state index is 10.3. The van der Waals surface area contributed by atoms with E-state index in [9.17, 15) is 15.3 Å². The van der Waals surface area contributed by atoms with E-state index in [0.29, 0.717) is 16.9 Å². The van der Waals surface area contributed by atoms with Crippen molar-refractivity contribution in [3.05, 3.63) is 78.9 Å². The van der Waals surface area contributed by atoms with Crippen molar-refractivity contribution in [1.82, 2.24) is 9.78 Å². The van der Waals surface area contributed by atoms with Crippen LogP contribution in [0.2, 0.25) is 0 Å². The Morgan fingerprint density at radius 1 is 0.615 bits per heavy atom. The van der Waals surface area contributed by atoms with Crippen LogP contribution in [0.3, 0.4) is 0 Å². The van der Waals surface area contributed by atoms with E-state index in [2.05, 4.69) is 5.10 Å². The Hall–Kier alpha value is -3.73. The van der Waals surface area contributed by atoms with E-state index in [1.807, 2.05) is 42.5 Å². The Labute approximate surface area is 150 Å². The van der Waals surface area contributed by atoms with Gasteiger partial charge in [0, 0.05) is 11.1 Å². The molecule has 0 bridgehead atoms. The van der Waals surface area contributed by atoms with Gasteiger partial charge < -0.3 is 15.3 Å². The van der Waals surface area contributed by atoms with Crippen molar-refractivity contribution in [2.45, 2.75) is 0 Å². The molecule has 26 heavy (non-hydrogen) atoms. The minimum absolute atomic E-state index is 0.0967. The van der Waals surface area contributed by atoms with Gasteiger partial charge in [0.2, 0.25) is 0 Å². The summed E-state index contributed by atoms with van der Waals surface area (Å²) in [6.07, 6.45) is 0. The average Bonchev–Trinajstić information content (AvgIpc) is 3.10. The van der Waals surface area contributed by atoms with Gasteiger partial charge in [0.25, 0.3) is 0 Å². The number of phenols is 3. The van der Waals surface area contributed by atoms with Crippen LogP contribution in [0.15, 0.2) is 78.9 Å². The largest absolute Gasteiger partial charge is 0.506 e. The Balaban J connectivity index is 1.95. The van der Waals surface area contributed by atoms with Crippen LogP contribution < -0.4 is 0 Å². The van der Waals surface area contributed by atoms with E-state index >= 15 is 0 Å². The first-order valence-electron chi connectivity index (χ1n) is 8.10. The standard InChI is InChI=1S/C21H16N2O3/c24-19-9-5-4-8-17(19)23-18(15-10-11-20(25)21(26)12-15)13-16(22-23)14-6-2-1-3-7-14/h1-13,24-26H. The number of benzene rings is 3. The summed E-state index contributed by atoms with van der Waals surface area (Å²) in [5.74, 6) is -0.307. The van der Waals surface area contributed by atoms with Crippen molar-refractivity contribution in [3.8, 4) is 45.5 Å². The zero-order chi connectivity index (χ0) is 18.1. The number of aromatic nitrogens is 2. The molecular weight excluding hydrogens is 328 g/mol. The molecule has 1 aromatic heterocycles. The lowest BCUT2D eigenvalue weighted by Gasteiger charge is -2.10. The van der Waals surface area contributed by atoms with Crippen molar-refractivity contribution in [1.29, 1.82) is 0 Å². The fourth-order valence-corrected chi connectivity index (χ4v) is 2.85. The molecule has 0 saturated carbocycles. The van der Waals surface area contributed by atoms with Crippen LogP contribution in [0.25, 0.3) is 28.2 Å². The van der Waals surface area contributed by atoms with Crippen molar-refractivity contribution in [2.75, 3.05) is 0 Å². The summed E-state index contributed by atoms with van der Waals surface area (Å²) in [5.41, 5.74) is 3.54. The van der Waals surface area contributed by atoms with E-state index in [0.717, 1.165) is 11.3 Å². The summed E-state index contributed by atoms with van der Waals surface area (Å²) < 4.78 is 1.63. The molecule has 0 atom stereocenters. The molecule has 0 radical (unpaired) electrons. The number of nitrogens with zero attached hydrogens (tertiary/aromatic N) is 2. The molecule has 0 unspecified atom stereocenters. The van der Waals surface area contributed by atoms with E-state index < -0.39 is 0 Å². The van der Waals surface area contributed by atoms with Gasteiger partial charge in [-0.3, -0.25) is 0 Å². The number of para-hydroxylation sites is 2. The first-order valence-corrected chi connectivity index (χ1v) is 8.10. The predicted molar refractivity (Wildman–Crippen MR) is 99.4 cm³/mol. The molecule has 3 N–H and O–H groups in total. The fraction of sp³-hybridized carbons (Fsp3) is 0. The van der Waals surface area contributed by atoms with Crippen molar-refractivity contribution < 1.29 is 15.3 Å². The lowest BCUT2D eigenvalue weighted by atomic mass is 10.1. The number of phenolic OH excluding ortho intramolecular Hbond substituents is 3.